The summed E-state index contributed by atoms with van der Waals surface area (Å²) in [6, 6.07) is 0. The molecule has 15 heavy (non-hydrogen) atoms. The van der Waals surface area contributed by atoms with Crippen LogP contribution in [-0.2, 0) is 12.8 Å². The number of hydrogen-bond acceptors (Lipinski definition) is 1. The zero-order valence-electron chi connectivity index (χ0n) is 8.66. The minimum Gasteiger partial charge on any atom is -0.361 e. The van der Waals surface area contributed by atoms with Crippen LogP contribution >= 0.6 is 12.2 Å². The fraction of sp³-hybridized carbons (Fsp3) is 0.333. The van der Waals surface area contributed by atoms with Crippen LogP contribution in [-0.4, -0.2) is 16.4 Å². The Morgan fingerprint density at radius 2 is 2.60 bits per heavy atom. The van der Waals surface area contributed by atoms with Gasteiger partial charge in [-0.25, -0.2) is 0 Å². The Balaban J connectivity index is 2.28. The van der Waals surface area contributed by atoms with Gasteiger partial charge in [0, 0.05) is 11.9 Å². The molecule has 1 heterocycles. The van der Waals surface area contributed by atoms with Gasteiger partial charge in [-0.2, -0.15) is 0 Å². The Morgan fingerprint density at radius 3 is 3.40 bits per heavy atom. The van der Waals surface area contributed by atoms with Crippen LogP contribution in [0.2, 0.25) is 0 Å². The van der Waals surface area contributed by atoms with E-state index in [1.807, 2.05) is 0 Å². The van der Waals surface area contributed by atoms with Crippen molar-refractivity contribution in [1.82, 2.24) is 9.65 Å². The predicted molar refractivity (Wildman–Crippen MR) is 67.2 cm³/mol. The third-order valence-corrected chi connectivity index (χ3v) is 2.79. The first kappa shape index (κ1) is 10.1. The summed E-state index contributed by atoms with van der Waals surface area (Å²) in [5, 5.41) is 2.35. The van der Waals surface area contributed by atoms with Crippen molar-refractivity contribution >= 4 is 29.7 Å². The summed E-state index contributed by atoms with van der Waals surface area (Å²) in [6.45, 7) is 2.23. The Labute approximate surface area is 94.5 Å². The van der Waals surface area contributed by atoms with E-state index in [1.54, 1.807) is 6.21 Å². The van der Waals surface area contributed by atoms with Gasteiger partial charge >= 0.3 is 5.16 Å². The third-order valence-electron chi connectivity index (χ3n) is 2.69. The number of isothiocyanates is 1. The summed E-state index contributed by atoms with van der Waals surface area (Å²) in [5.41, 5.74) is 3.97. The largest absolute Gasteiger partial charge is 0.392 e. The maximum absolute atomic E-state index is 4.52. The van der Waals surface area contributed by atoms with Gasteiger partial charge in [-0.05, 0) is 34.2 Å². The van der Waals surface area contributed by atoms with Gasteiger partial charge in [0.05, 0.1) is 18.6 Å². The second-order valence-corrected chi connectivity index (χ2v) is 4.04. The van der Waals surface area contributed by atoms with Gasteiger partial charge in [0.15, 0.2) is 0 Å². The number of aromatic amines is 1. The zero-order chi connectivity index (χ0) is 10.7. The van der Waals surface area contributed by atoms with Crippen molar-refractivity contribution in [2.45, 2.75) is 19.8 Å². The average molecular weight is 217 g/mol. The molecule has 0 radical (unpaired) electrons. The Morgan fingerprint density at radius 1 is 1.73 bits per heavy atom. The summed E-state index contributed by atoms with van der Waals surface area (Å²) in [6.07, 6.45) is 10.2. The van der Waals surface area contributed by atoms with Crippen LogP contribution in [0.25, 0.3) is 6.08 Å². The van der Waals surface area contributed by atoms with Crippen LogP contribution in [0.15, 0.2) is 12.3 Å². The predicted octanol–water partition coefficient (Wildman–Crippen LogP) is 2.00. The minimum absolute atomic E-state index is 0.626. The van der Waals surface area contributed by atoms with Crippen molar-refractivity contribution in [2.75, 3.05) is 0 Å². The fourth-order valence-corrected chi connectivity index (χ4v) is 1.99. The SMILES string of the molecule is CC1C=Cc2[nH]cc(CC=[N+]=C=S)c2C1. The molecular weight excluding hydrogens is 204 g/mol. The molecule has 0 aromatic carbocycles. The first-order valence-electron chi connectivity index (χ1n) is 5.07. The maximum Gasteiger partial charge on any atom is 0.392 e. The normalized spacial score (nSPS) is 17.8. The molecule has 0 saturated carbocycles. The number of H-pyrrole nitrogens is 1. The summed E-state index contributed by atoms with van der Waals surface area (Å²) >= 11 is 4.52. The molecule has 1 unspecified atom stereocenters. The molecule has 1 aliphatic carbocycles. The number of nitrogens with one attached hydrogen (secondary N) is 1. The van der Waals surface area contributed by atoms with E-state index in [4.69, 9.17) is 0 Å². The van der Waals surface area contributed by atoms with Gasteiger partial charge < -0.3 is 4.98 Å². The Kier molecular flexibility index (Phi) is 2.98. The second kappa shape index (κ2) is 4.41. The van der Waals surface area contributed by atoms with E-state index in [2.05, 4.69) is 52.3 Å². The number of thiocarbonyl (C=S) groups is 1. The van der Waals surface area contributed by atoms with Crippen LogP contribution in [0.1, 0.15) is 23.7 Å². The standard InChI is InChI=1S/C12H13N2S/c1-9-2-3-12-11(6-9)10(7-14-12)4-5-13-8-15/h2-3,5,7,9,14H,4,6H2,1H3/q+1. The van der Waals surface area contributed by atoms with Crippen molar-refractivity contribution in [3.8, 4) is 0 Å². The highest BCUT2D eigenvalue weighted by Crippen LogP contribution is 2.25. The van der Waals surface area contributed by atoms with E-state index in [-0.39, 0.29) is 0 Å². The highest BCUT2D eigenvalue weighted by atomic mass is 32.1. The molecule has 2 rings (SSSR count). The highest BCUT2D eigenvalue weighted by molar-refractivity contribution is 7.78. The molecule has 1 aromatic rings. The number of hydrogen-bond donors (Lipinski definition) is 1. The molecule has 0 saturated heterocycles. The number of rotatable bonds is 2. The lowest BCUT2D eigenvalue weighted by Gasteiger charge is -2.12. The van der Waals surface area contributed by atoms with E-state index in [0.717, 1.165) is 12.8 Å². The quantitative estimate of drug-likeness (QED) is 0.458. The minimum atomic E-state index is 0.626. The summed E-state index contributed by atoms with van der Waals surface area (Å²) < 4.78 is 3.82. The van der Waals surface area contributed by atoms with E-state index >= 15 is 0 Å². The summed E-state index contributed by atoms with van der Waals surface area (Å²) in [4.78, 5) is 3.28. The van der Waals surface area contributed by atoms with Gasteiger partial charge in [0.2, 0.25) is 0 Å². The van der Waals surface area contributed by atoms with Crippen molar-refractivity contribution in [3.63, 3.8) is 0 Å². The van der Waals surface area contributed by atoms with Crippen LogP contribution < -0.4 is 4.67 Å². The van der Waals surface area contributed by atoms with Crippen molar-refractivity contribution in [1.29, 1.82) is 0 Å². The lowest BCUT2D eigenvalue weighted by Crippen LogP contribution is -2.04. The molecule has 0 spiro atoms. The number of allylic oxidation sites excluding steroid dienone is 1. The van der Waals surface area contributed by atoms with Gasteiger partial charge in [0.1, 0.15) is 0 Å². The number of fused-ring (bicyclic) bond motifs is 1. The van der Waals surface area contributed by atoms with Crippen LogP contribution in [0.3, 0.4) is 0 Å². The molecule has 3 heteroatoms. The molecule has 1 atom stereocenters. The lowest BCUT2D eigenvalue weighted by atomic mass is 9.92. The molecule has 1 N–H and O–H groups in total. The Hall–Kier alpha value is -1.40. The van der Waals surface area contributed by atoms with Gasteiger partial charge in [-0.1, -0.05) is 13.0 Å². The van der Waals surface area contributed by atoms with Crippen molar-refractivity contribution in [3.05, 3.63) is 29.1 Å². The monoisotopic (exact) mass is 217 g/mol. The topological polar surface area (TPSA) is 29.9 Å². The second-order valence-electron chi connectivity index (χ2n) is 3.85. The highest BCUT2D eigenvalue weighted by Gasteiger charge is 2.15. The molecule has 0 aliphatic heterocycles. The van der Waals surface area contributed by atoms with E-state index in [9.17, 15) is 0 Å². The number of nitrogens with zero attached hydrogens (tertiary/aromatic N) is 1. The van der Waals surface area contributed by atoms with Crippen LogP contribution in [0.5, 0.6) is 0 Å². The molecule has 1 aliphatic rings. The lowest BCUT2D eigenvalue weighted by molar-refractivity contribution is 0.713. The van der Waals surface area contributed by atoms with Crippen LogP contribution in [0.4, 0.5) is 0 Å². The van der Waals surface area contributed by atoms with E-state index < -0.39 is 0 Å². The van der Waals surface area contributed by atoms with Gasteiger partial charge in [-0.3, -0.25) is 0 Å². The zero-order valence-corrected chi connectivity index (χ0v) is 9.47. The molecule has 1 aromatic heterocycles. The van der Waals surface area contributed by atoms with E-state index in [0.29, 0.717) is 5.92 Å². The van der Waals surface area contributed by atoms with Crippen LogP contribution in [0, 0.1) is 5.92 Å². The van der Waals surface area contributed by atoms with Crippen molar-refractivity contribution < 1.29 is 0 Å². The molecular formula is C12H13N2S+. The smallest absolute Gasteiger partial charge is 0.361 e. The Bertz CT molecular complexity index is 472. The summed E-state index contributed by atoms with van der Waals surface area (Å²) in [7, 11) is 0. The first-order chi connectivity index (χ1) is 7.31. The molecule has 0 fully saturated rings. The fourth-order valence-electron chi connectivity index (χ4n) is 1.92. The van der Waals surface area contributed by atoms with Gasteiger partial charge in [-0.15, -0.1) is 0 Å². The molecule has 76 valence electrons. The van der Waals surface area contributed by atoms with Crippen molar-refractivity contribution in [2.24, 2.45) is 5.92 Å². The summed E-state index contributed by atoms with van der Waals surface area (Å²) in [5.74, 6) is 0.626. The average Bonchev–Trinajstić information content (AvgIpc) is 2.62. The maximum atomic E-state index is 4.52. The molecule has 2 nitrogen and oxygen atoms in total. The number of aromatic nitrogens is 1. The third kappa shape index (κ3) is 2.16. The first-order valence-corrected chi connectivity index (χ1v) is 5.48. The van der Waals surface area contributed by atoms with E-state index in [1.165, 1.54) is 16.8 Å². The van der Waals surface area contributed by atoms with Gasteiger partial charge in [0.25, 0.3) is 6.21 Å². The molecule has 0 bridgehead atoms. The molecule has 0 amide bonds.